The van der Waals surface area contributed by atoms with Crippen LogP contribution in [0.4, 0.5) is 18.9 Å². The first-order valence-corrected chi connectivity index (χ1v) is 11.5. The van der Waals surface area contributed by atoms with Crippen molar-refractivity contribution in [2.45, 2.75) is 31.1 Å². The van der Waals surface area contributed by atoms with E-state index in [1.165, 1.54) is 0 Å². The molecule has 2 aromatic rings. The molecule has 2 fully saturated rings. The first-order valence-electron chi connectivity index (χ1n) is 11.5. The minimum Gasteiger partial charge on any atom is -0.369 e. The highest BCUT2D eigenvalue weighted by Crippen LogP contribution is 2.30. The van der Waals surface area contributed by atoms with Gasteiger partial charge in [0, 0.05) is 31.9 Å². The van der Waals surface area contributed by atoms with Crippen molar-refractivity contribution in [3.8, 4) is 0 Å². The van der Waals surface area contributed by atoms with Gasteiger partial charge in [-0.15, -0.1) is 0 Å². The average molecular weight is 475 g/mol. The van der Waals surface area contributed by atoms with Gasteiger partial charge in [-0.2, -0.15) is 13.2 Å². The molecule has 0 spiro atoms. The Morgan fingerprint density at radius 2 is 1.59 bits per heavy atom. The summed E-state index contributed by atoms with van der Waals surface area (Å²) in [5.41, 5.74) is 2.76. The molecule has 0 radical (unpaired) electrons. The Balaban J connectivity index is 1.50. The van der Waals surface area contributed by atoms with E-state index in [1.807, 2.05) is 59.9 Å². The number of carbonyl (C=O) groups excluding carboxylic acids is 2. The summed E-state index contributed by atoms with van der Waals surface area (Å²) in [5.74, 6) is -2.62. The van der Waals surface area contributed by atoms with Crippen molar-refractivity contribution >= 4 is 17.5 Å². The van der Waals surface area contributed by atoms with Crippen LogP contribution in [-0.4, -0.2) is 62.2 Å². The fourth-order valence-corrected chi connectivity index (χ4v) is 4.49. The molecule has 0 bridgehead atoms. The Morgan fingerprint density at radius 3 is 2.18 bits per heavy atom. The molecule has 3 unspecified atom stereocenters. The average Bonchev–Trinajstić information content (AvgIpc) is 2.83. The number of piperazine rings is 1. The van der Waals surface area contributed by atoms with Gasteiger partial charge in [-0.1, -0.05) is 42.5 Å². The molecule has 34 heavy (non-hydrogen) atoms. The summed E-state index contributed by atoms with van der Waals surface area (Å²) < 4.78 is 38.9. The minimum atomic E-state index is -4.52. The van der Waals surface area contributed by atoms with Crippen molar-refractivity contribution < 1.29 is 22.8 Å². The summed E-state index contributed by atoms with van der Waals surface area (Å²) >= 11 is 0. The molecule has 2 aliphatic rings. The smallest absolute Gasteiger partial charge is 0.369 e. The van der Waals surface area contributed by atoms with Crippen molar-refractivity contribution in [1.29, 1.82) is 0 Å². The van der Waals surface area contributed by atoms with Crippen molar-refractivity contribution in [3.63, 3.8) is 0 Å². The van der Waals surface area contributed by atoms with E-state index in [9.17, 15) is 22.8 Å². The fourth-order valence-electron chi connectivity index (χ4n) is 4.49. The molecule has 0 aromatic heterocycles. The first-order chi connectivity index (χ1) is 16.2. The molecule has 4 rings (SSSR count). The van der Waals surface area contributed by atoms with Gasteiger partial charge in [-0.3, -0.25) is 9.59 Å². The highest BCUT2D eigenvalue weighted by Gasteiger charge is 2.46. The molecule has 2 aromatic carbocycles. The van der Waals surface area contributed by atoms with E-state index in [0.29, 0.717) is 0 Å². The van der Waals surface area contributed by atoms with Crippen LogP contribution in [0.2, 0.25) is 0 Å². The zero-order valence-corrected chi connectivity index (χ0v) is 19.0. The van der Waals surface area contributed by atoms with Gasteiger partial charge in [0.05, 0.1) is 6.04 Å². The zero-order chi connectivity index (χ0) is 24.3. The molecular weight excluding hydrogens is 445 g/mol. The lowest BCUT2D eigenvalue weighted by Gasteiger charge is -2.34. The van der Waals surface area contributed by atoms with E-state index in [-0.39, 0.29) is 12.8 Å². The summed E-state index contributed by atoms with van der Waals surface area (Å²) in [6.45, 7) is 3.85. The molecule has 0 aliphatic carbocycles. The van der Waals surface area contributed by atoms with Crippen LogP contribution in [0.15, 0.2) is 54.6 Å². The molecular formula is C25H29F3N4O2. The summed E-state index contributed by atoms with van der Waals surface area (Å²) in [7, 11) is 2.10. The van der Waals surface area contributed by atoms with Crippen molar-refractivity contribution in [2.24, 2.45) is 5.92 Å². The molecule has 182 valence electrons. The van der Waals surface area contributed by atoms with E-state index >= 15 is 0 Å². The topological polar surface area (TPSA) is 64.7 Å². The number of alkyl halides is 3. The van der Waals surface area contributed by atoms with E-state index in [4.69, 9.17) is 0 Å². The Bertz CT molecular complexity index is 989. The lowest BCUT2D eigenvalue weighted by molar-refractivity contribution is -0.171. The van der Waals surface area contributed by atoms with Crippen LogP contribution in [0, 0.1) is 5.92 Å². The zero-order valence-electron chi connectivity index (χ0n) is 19.0. The van der Waals surface area contributed by atoms with Crippen LogP contribution in [0.1, 0.15) is 30.0 Å². The molecule has 2 heterocycles. The highest BCUT2D eigenvalue weighted by atomic mass is 19.4. The Hall–Kier alpha value is -3.07. The quantitative estimate of drug-likeness (QED) is 0.654. The van der Waals surface area contributed by atoms with Gasteiger partial charge in [0.1, 0.15) is 12.0 Å². The predicted octanol–water partition coefficient (Wildman–Crippen LogP) is 3.10. The minimum absolute atomic E-state index is 0.147. The van der Waals surface area contributed by atoms with Crippen LogP contribution >= 0.6 is 0 Å². The van der Waals surface area contributed by atoms with Crippen LogP contribution in [-0.2, 0) is 9.59 Å². The summed E-state index contributed by atoms with van der Waals surface area (Å²) in [6, 6.07) is 14.8. The number of carbonyl (C=O) groups is 2. The predicted molar refractivity (Wildman–Crippen MR) is 123 cm³/mol. The molecule has 2 amide bonds. The Morgan fingerprint density at radius 1 is 0.971 bits per heavy atom. The van der Waals surface area contributed by atoms with Crippen LogP contribution < -0.4 is 15.5 Å². The second-order valence-electron chi connectivity index (χ2n) is 8.97. The number of benzene rings is 2. The third-order valence-corrected chi connectivity index (χ3v) is 6.60. The Kier molecular flexibility index (Phi) is 7.11. The molecule has 3 atom stereocenters. The lowest BCUT2D eigenvalue weighted by Crippen LogP contribution is -2.54. The van der Waals surface area contributed by atoms with Gasteiger partial charge < -0.3 is 20.4 Å². The van der Waals surface area contributed by atoms with Gasteiger partial charge in [0.25, 0.3) is 0 Å². The van der Waals surface area contributed by atoms with Crippen LogP contribution in [0.5, 0.6) is 0 Å². The number of piperidine rings is 1. The maximum Gasteiger partial charge on any atom is 0.408 e. The van der Waals surface area contributed by atoms with Crippen molar-refractivity contribution in [3.05, 3.63) is 65.7 Å². The van der Waals surface area contributed by atoms with Crippen LogP contribution in [0.25, 0.3) is 0 Å². The number of hydrogen-bond donors (Lipinski definition) is 2. The second-order valence-corrected chi connectivity index (χ2v) is 8.97. The summed E-state index contributed by atoms with van der Waals surface area (Å²) in [5, 5.41) is 4.86. The van der Waals surface area contributed by atoms with Crippen molar-refractivity contribution in [2.75, 3.05) is 38.1 Å². The summed E-state index contributed by atoms with van der Waals surface area (Å²) in [4.78, 5) is 29.9. The number of anilines is 1. The number of amides is 2. The van der Waals surface area contributed by atoms with Gasteiger partial charge in [0.2, 0.25) is 11.8 Å². The standard InChI is InChI=1S/C25H29F3N4O2/c1-31-13-15-32(16-14-31)19-9-7-18(8-10-19)22(17-5-3-2-4-6-17)30-24(34)20-11-12-21(25(26,27)28)29-23(20)33/h2-10,20-22H,11-16H2,1H3,(H,29,33)(H,30,34). The third kappa shape index (κ3) is 5.52. The van der Waals surface area contributed by atoms with Gasteiger partial charge >= 0.3 is 6.18 Å². The molecule has 0 saturated carbocycles. The van der Waals surface area contributed by atoms with Crippen molar-refractivity contribution in [1.82, 2.24) is 15.5 Å². The van der Waals surface area contributed by atoms with E-state index in [0.717, 1.165) is 43.0 Å². The summed E-state index contributed by atoms with van der Waals surface area (Å²) in [6.07, 6.45) is -4.98. The second kappa shape index (κ2) is 10.0. The number of rotatable bonds is 5. The van der Waals surface area contributed by atoms with Gasteiger partial charge in [-0.05, 0) is 43.1 Å². The van der Waals surface area contributed by atoms with Gasteiger partial charge in [0.15, 0.2) is 0 Å². The van der Waals surface area contributed by atoms with E-state index in [2.05, 4.69) is 22.2 Å². The molecule has 9 heteroatoms. The first kappa shape index (κ1) is 24.1. The third-order valence-electron chi connectivity index (χ3n) is 6.60. The van der Waals surface area contributed by atoms with E-state index in [1.54, 1.807) is 0 Å². The number of halogens is 3. The molecule has 2 aliphatic heterocycles. The highest BCUT2D eigenvalue weighted by molar-refractivity contribution is 6.01. The maximum atomic E-state index is 13.0. The lowest BCUT2D eigenvalue weighted by atomic mass is 9.91. The normalized spacial score (nSPS) is 22.7. The maximum absolute atomic E-state index is 13.0. The monoisotopic (exact) mass is 474 g/mol. The van der Waals surface area contributed by atoms with Crippen LogP contribution in [0.3, 0.4) is 0 Å². The fraction of sp³-hybridized carbons (Fsp3) is 0.440. The number of hydrogen-bond acceptors (Lipinski definition) is 4. The molecule has 6 nitrogen and oxygen atoms in total. The Labute approximate surface area is 197 Å². The van der Waals surface area contributed by atoms with E-state index < -0.39 is 36.0 Å². The number of nitrogens with one attached hydrogen (secondary N) is 2. The SMILES string of the molecule is CN1CCN(c2ccc(C(NC(=O)C3CCC(C(F)(F)F)NC3=O)c3ccccc3)cc2)CC1. The molecule has 2 saturated heterocycles. The van der Waals surface area contributed by atoms with Gasteiger partial charge in [-0.25, -0.2) is 0 Å². The largest absolute Gasteiger partial charge is 0.408 e. The number of nitrogens with zero attached hydrogens (tertiary/aromatic N) is 2. The molecule has 2 N–H and O–H groups in total. The number of likely N-dealkylation sites (N-methyl/N-ethyl adjacent to an activating group) is 1.